The summed E-state index contributed by atoms with van der Waals surface area (Å²) in [4.78, 5) is 18.9. The second kappa shape index (κ2) is 9.96. The third-order valence-corrected chi connectivity index (χ3v) is 4.37. The normalized spacial score (nSPS) is 20.3. The zero-order chi connectivity index (χ0) is 14.5. The maximum absolute atomic E-state index is 12.1. The van der Waals surface area contributed by atoms with Gasteiger partial charge in [0.05, 0.1) is 5.92 Å². The molecule has 0 aliphatic carbocycles. The summed E-state index contributed by atoms with van der Waals surface area (Å²) in [6.45, 7) is 4.63. The van der Waals surface area contributed by atoms with Crippen LogP contribution >= 0.6 is 24.8 Å². The molecule has 3 heterocycles. The first-order chi connectivity index (χ1) is 10.3. The zero-order valence-corrected chi connectivity index (χ0v) is 14.9. The lowest BCUT2D eigenvalue weighted by Gasteiger charge is -2.22. The largest absolute Gasteiger partial charge is 0.357 e. The standard InChI is InChI=1S/C16H24N4O.2ClH/c21-16(14-4-3-7-17-12-14)19-11-13-5-6-15(18-10-13)20-8-1-2-9-20;;/h5-6,10,14,17H,1-4,7-9,11-12H2,(H,19,21);2*1H. The Labute approximate surface area is 150 Å². The highest BCUT2D eigenvalue weighted by Crippen LogP contribution is 2.17. The van der Waals surface area contributed by atoms with Crippen LogP contribution in [0.1, 0.15) is 31.2 Å². The van der Waals surface area contributed by atoms with Crippen LogP contribution in [-0.2, 0) is 11.3 Å². The van der Waals surface area contributed by atoms with Crippen LogP contribution in [0.3, 0.4) is 0 Å². The fraction of sp³-hybridized carbons (Fsp3) is 0.625. The van der Waals surface area contributed by atoms with Gasteiger partial charge in [0.15, 0.2) is 0 Å². The molecule has 0 spiro atoms. The third kappa shape index (κ3) is 5.52. The number of carbonyl (C=O) groups is 1. The van der Waals surface area contributed by atoms with Gasteiger partial charge in [-0.05, 0) is 43.9 Å². The molecule has 130 valence electrons. The molecule has 7 heteroatoms. The van der Waals surface area contributed by atoms with E-state index in [0.29, 0.717) is 6.54 Å². The van der Waals surface area contributed by atoms with E-state index in [4.69, 9.17) is 0 Å². The second-order valence-electron chi connectivity index (χ2n) is 5.98. The number of hydrogen-bond acceptors (Lipinski definition) is 4. The van der Waals surface area contributed by atoms with Crippen molar-refractivity contribution in [1.29, 1.82) is 0 Å². The number of pyridine rings is 1. The molecule has 2 N–H and O–H groups in total. The van der Waals surface area contributed by atoms with Crippen molar-refractivity contribution in [2.45, 2.75) is 32.2 Å². The third-order valence-electron chi connectivity index (χ3n) is 4.37. The summed E-state index contributed by atoms with van der Waals surface area (Å²) < 4.78 is 0. The molecule has 1 aromatic rings. The number of halogens is 2. The quantitative estimate of drug-likeness (QED) is 0.863. The van der Waals surface area contributed by atoms with Crippen molar-refractivity contribution < 1.29 is 4.79 Å². The Morgan fingerprint density at radius 1 is 1.26 bits per heavy atom. The van der Waals surface area contributed by atoms with Gasteiger partial charge in [-0.1, -0.05) is 6.07 Å². The van der Waals surface area contributed by atoms with E-state index in [9.17, 15) is 4.79 Å². The topological polar surface area (TPSA) is 57.3 Å². The van der Waals surface area contributed by atoms with E-state index in [-0.39, 0.29) is 36.6 Å². The van der Waals surface area contributed by atoms with Gasteiger partial charge in [0.1, 0.15) is 5.82 Å². The molecule has 23 heavy (non-hydrogen) atoms. The van der Waals surface area contributed by atoms with E-state index >= 15 is 0 Å². The van der Waals surface area contributed by atoms with Gasteiger partial charge < -0.3 is 15.5 Å². The maximum atomic E-state index is 12.1. The molecule has 2 fully saturated rings. The Morgan fingerprint density at radius 3 is 2.65 bits per heavy atom. The van der Waals surface area contributed by atoms with Gasteiger partial charge in [0.25, 0.3) is 0 Å². The van der Waals surface area contributed by atoms with E-state index in [1.807, 2.05) is 6.20 Å². The van der Waals surface area contributed by atoms with Crippen LogP contribution in [0.15, 0.2) is 18.3 Å². The molecule has 2 aliphatic rings. The Hall–Kier alpha value is -1.04. The summed E-state index contributed by atoms with van der Waals surface area (Å²) in [7, 11) is 0. The number of rotatable bonds is 4. The SMILES string of the molecule is Cl.Cl.O=C(NCc1ccc(N2CCCC2)nc1)C1CCCNC1. The molecule has 3 rings (SSSR count). The van der Waals surface area contributed by atoms with Crippen molar-refractivity contribution >= 4 is 36.5 Å². The van der Waals surface area contributed by atoms with Gasteiger partial charge in [-0.2, -0.15) is 0 Å². The molecule has 0 saturated carbocycles. The average molecular weight is 361 g/mol. The van der Waals surface area contributed by atoms with Crippen molar-refractivity contribution in [3.05, 3.63) is 23.9 Å². The maximum Gasteiger partial charge on any atom is 0.224 e. The van der Waals surface area contributed by atoms with Gasteiger partial charge in [-0.25, -0.2) is 4.98 Å². The molecular weight excluding hydrogens is 335 g/mol. The number of aromatic nitrogens is 1. The summed E-state index contributed by atoms with van der Waals surface area (Å²) in [5.74, 6) is 1.33. The van der Waals surface area contributed by atoms with Crippen LogP contribution in [0.25, 0.3) is 0 Å². The lowest BCUT2D eigenvalue weighted by Crippen LogP contribution is -2.40. The summed E-state index contributed by atoms with van der Waals surface area (Å²) in [6.07, 6.45) is 6.48. The molecule has 0 aromatic carbocycles. The van der Waals surface area contributed by atoms with Crippen molar-refractivity contribution in [3.63, 3.8) is 0 Å². The first kappa shape index (κ1) is 20.0. The highest BCUT2D eigenvalue weighted by molar-refractivity contribution is 5.85. The fourth-order valence-electron chi connectivity index (χ4n) is 3.06. The number of hydrogen-bond donors (Lipinski definition) is 2. The van der Waals surface area contributed by atoms with E-state index < -0.39 is 0 Å². The van der Waals surface area contributed by atoms with Gasteiger partial charge in [0.2, 0.25) is 5.91 Å². The summed E-state index contributed by atoms with van der Waals surface area (Å²) >= 11 is 0. The van der Waals surface area contributed by atoms with Crippen LogP contribution in [0, 0.1) is 5.92 Å². The lowest BCUT2D eigenvalue weighted by molar-refractivity contribution is -0.125. The Bertz CT molecular complexity index is 471. The molecule has 2 aliphatic heterocycles. The molecule has 5 nitrogen and oxygen atoms in total. The summed E-state index contributed by atoms with van der Waals surface area (Å²) in [6, 6.07) is 4.13. The van der Waals surface area contributed by atoms with Crippen LogP contribution in [0.4, 0.5) is 5.82 Å². The molecular formula is C16H26Cl2N4O. The van der Waals surface area contributed by atoms with E-state index in [0.717, 1.165) is 50.4 Å². The van der Waals surface area contributed by atoms with Gasteiger partial charge >= 0.3 is 0 Å². The van der Waals surface area contributed by atoms with E-state index in [1.165, 1.54) is 12.8 Å². The second-order valence-corrected chi connectivity index (χ2v) is 5.98. The summed E-state index contributed by atoms with van der Waals surface area (Å²) in [5.41, 5.74) is 1.06. The molecule has 1 unspecified atom stereocenters. The number of nitrogens with one attached hydrogen (secondary N) is 2. The Kier molecular flexibility index (Phi) is 8.66. The first-order valence-corrected chi connectivity index (χ1v) is 8.01. The number of carbonyl (C=O) groups excluding carboxylic acids is 1. The highest BCUT2D eigenvalue weighted by atomic mass is 35.5. The van der Waals surface area contributed by atoms with Gasteiger partial charge in [-0.15, -0.1) is 24.8 Å². The van der Waals surface area contributed by atoms with Crippen molar-refractivity contribution in [1.82, 2.24) is 15.6 Å². The zero-order valence-electron chi connectivity index (χ0n) is 13.3. The van der Waals surface area contributed by atoms with Crippen LogP contribution < -0.4 is 15.5 Å². The highest BCUT2D eigenvalue weighted by Gasteiger charge is 2.20. The number of amides is 1. The molecule has 0 radical (unpaired) electrons. The van der Waals surface area contributed by atoms with E-state index in [1.54, 1.807) is 0 Å². The van der Waals surface area contributed by atoms with Crippen molar-refractivity contribution in [3.8, 4) is 0 Å². The van der Waals surface area contributed by atoms with Gasteiger partial charge in [0, 0.05) is 32.4 Å². The Balaban J connectivity index is 0.00000132. The Morgan fingerprint density at radius 2 is 2.04 bits per heavy atom. The van der Waals surface area contributed by atoms with E-state index in [2.05, 4.69) is 32.7 Å². The van der Waals surface area contributed by atoms with Crippen molar-refractivity contribution in [2.75, 3.05) is 31.1 Å². The molecule has 1 aromatic heterocycles. The predicted molar refractivity (Wildman–Crippen MR) is 97.6 cm³/mol. The minimum Gasteiger partial charge on any atom is -0.357 e. The molecule has 0 bridgehead atoms. The smallest absolute Gasteiger partial charge is 0.224 e. The number of anilines is 1. The average Bonchev–Trinajstić information content (AvgIpc) is 3.08. The molecule has 1 amide bonds. The molecule has 2 saturated heterocycles. The van der Waals surface area contributed by atoms with Gasteiger partial charge in [-0.3, -0.25) is 4.79 Å². The molecule has 1 atom stereocenters. The van der Waals surface area contributed by atoms with Crippen LogP contribution in [-0.4, -0.2) is 37.1 Å². The first-order valence-electron chi connectivity index (χ1n) is 8.01. The minimum absolute atomic E-state index is 0. The monoisotopic (exact) mass is 360 g/mol. The lowest BCUT2D eigenvalue weighted by atomic mass is 9.99. The van der Waals surface area contributed by atoms with Crippen molar-refractivity contribution in [2.24, 2.45) is 5.92 Å². The number of piperidine rings is 1. The predicted octanol–water partition coefficient (Wildman–Crippen LogP) is 2.14. The summed E-state index contributed by atoms with van der Waals surface area (Å²) in [5, 5.41) is 6.30. The van der Waals surface area contributed by atoms with Crippen LogP contribution in [0.2, 0.25) is 0 Å². The number of nitrogens with zero attached hydrogens (tertiary/aromatic N) is 2. The fourth-order valence-corrected chi connectivity index (χ4v) is 3.06. The minimum atomic E-state index is 0. The van der Waals surface area contributed by atoms with Crippen LogP contribution in [0.5, 0.6) is 0 Å².